The molecular formula is C22H22F2N4O2. The summed E-state index contributed by atoms with van der Waals surface area (Å²) in [6.07, 6.45) is -0.365. The number of halogens is 2. The predicted octanol–water partition coefficient (Wildman–Crippen LogP) is 4.18. The summed E-state index contributed by atoms with van der Waals surface area (Å²) >= 11 is 0. The molecule has 0 radical (unpaired) electrons. The molecule has 2 aromatic carbocycles. The summed E-state index contributed by atoms with van der Waals surface area (Å²) in [4.78, 5) is 16.9. The number of fused-ring (bicyclic) bond motifs is 1. The fourth-order valence-corrected chi connectivity index (χ4v) is 3.37. The lowest BCUT2D eigenvalue weighted by Crippen LogP contribution is -2.31. The monoisotopic (exact) mass is 412 g/mol. The maximum Gasteiger partial charge on any atom is 0.229 e. The lowest BCUT2D eigenvalue weighted by atomic mass is 9.92. The summed E-state index contributed by atoms with van der Waals surface area (Å²) in [6.45, 7) is 6.96. The van der Waals surface area contributed by atoms with Gasteiger partial charge >= 0.3 is 0 Å². The number of hydrogen-bond acceptors (Lipinski definition) is 4. The maximum atomic E-state index is 14.5. The van der Waals surface area contributed by atoms with Crippen molar-refractivity contribution >= 4 is 22.9 Å². The normalized spacial score (nSPS) is 13.7. The van der Waals surface area contributed by atoms with Gasteiger partial charge < -0.3 is 9.67 Å². The molecule has 8 heteroatoms. The van der Waals surface area contributed by atoms with E-state index >= 15 is 0 Å². The van der Waals surface area contributed by atoms with Crippen LogP contribution in [-0.2, 0) is 15.9 Å². The van der Waals surface area contributed by atoms with Crippen LogP contribution in [0.3, 0.4) is 0 Å². The molecule has 0 saturated heterocycles. The maximum absolute atomic E-state index is 14.5. The molecule has 1 atom stereocenters. The number of rotatable bonds is 4. The van der Waals surface area contributed by atoms with E-state index in [1.54, 1.807) is 4.57 Å². The second-order valence-corrected chi connectivity index (χ2v) is 8.39. The van der Waals surface area contributed by atoms with Crippen molar-refractivity contribution in [3.63, 3.8) is 0 Å². The molecule has 0 saturated carbocycles. The van der Waals surface area contributed by atoms with Crippen LogP contribution in [0.4, 0.5) is 14.7 Å². The van der Waals surface area contributed by atoms with E-state index in [1.807, 2.05) is 26.8 Å². The van der Waals surface area contributed by atoms with E-state index in [9.17, 15) is 18.7 Å². The molecule has 0 aliphatic carbocycles. The van der Waals surface area contributed by atoms with E-state index in [0.29, 0.717) is 5.52 Å². The third-order valence-corrected chi connectivity index (χ3v) is 4.72. The van der Waals surface area contributed by atoms with Gasteiger partial charge in [-0.1, -0.05) is 12.1 Å². The first-order valence-corrected chi connectivity index (χ1v) is 9.33. The van der Waals surface area contributed by atoms with Gasteiger partial charge in [-0.2, -0.15) is 5.26 Å². The average Bonchev–Trinajstić information content (AvgIpc) is 2.99. The van der Waals surface area contributed by atoms with Crippen LogP contribution in [0, 0.1) is 23.0 Å². The molecule has 0 aliphatic rings. The fraction of sp³-hybridized carbons (Fsp3) is 0.318. The number of imidazole rings is 1. The van der Waals surface area contributed by atoms with Crippen LogP contribution in [-0.4, -0.2) is 20.6 Å². The molecule has 1 heterocycles. The molecule has 3 rings (SSSR count). The molecule has 3 aromatic rings. The number of aromatic nitrogens is 2. The lowest BCUT2D eigenvalue weighted by molar-refractivity contribution is -0.120. The van der Waals surface area contributed by atoms with E-state index in [1.165, 1.54) is 31.2 Å². The largest absolute Gasteiger partial charge is 0.385 e. The number of carbonyl (C=O) groups excluding carboxylic acids is 1. The molecular weight excluding hydrogens is 390 g/mol. The van der Waals surface area contributed by atoms with Crippen molar-refractivity contribution in [3.05, 3.63) is 59.2 Å². The Bertz CT molecular complexity index is 1170. The SMILES string of the molecule is CC(O)(CC(=O)Nc1nc2c(F)cc(C#N)cc2n1C(C)(C)C)c1cccc(F)c1. The zero-order valence-corrected chi connectivity index (χ0v) is 17.1. The molecule has 2 N–H and O–H groups in total. The number of benzene rings is 2. The van der Waals surface area contributed by atoms with Crippen molar-refractivity contribution in [3.8, 4) is 6.07 Å². The van der Waals surface area contributed by atoms with Gasteiger partial charge in [-0.15, -0.1) is 0 Å². The lowest BCUT2D eigenvalue weighted by Gasteiger charge is -2.26. The van der Waals surface area contributed by atoms with Crippen LogP contribution in [0.2, 0.25) is 0 Å². The third kappa shape index (κ3) is 4.16. The predicted molar refractivity (Wildman–Crippen MR) is 109 cm³/mol. The first kappa shape index (κ1) is 21.4. The molecule has 0 fully saturated rings. The van der Waals surface area contributed by atoms with Crippen molar-refractivity contribution in [2.45, 2.75) is 45.3 Å². The highest BCUT2D eigenvalue weighted by Crippen LogP contribution is 2.31. The van der Waals surface area contributed by atoms with Gasteiger partial charge in [0.1, 0.15) is 11.3 Å². The van der Waals surface area contributed by atoms with Gasteiger partial charge in [0, 0.05) is 5.54 Å². The molecule has 1 aromatic heterocycles. The quantitative estimate of drug-likeness (QED) is 0.673. The number of nitrogens with zero attached hydrogens (tertiary/aromatic N) is 3. The Labute approximate surface area is 172 Å². The highest BCUT2D eigenvalue weighted by atomic mass is 19.1. The number of nitrogens with one attached hydrogen (secondary N) is 1. The Kier molecular flexibility index (Phi) is 5.35. The van der Waals surface area contributed by atoms with Crippen LogP contribution in [0.5, 0.6) is 0 Å². The number of nitriles is 1. The van der Waals surface area contributed by atoms with E-state index in [0.717, 1.165) is 12.1 Å². The summed E-state index contributed by atoms with van der Waals surface area (Å²) in [5, 5.41) is 22.5. The topological polar surface area (TPSA) is 90.9 Å². The van der Waals surface area contributed by atoms with Gasteiger partial charge in [0.15, 0.2) is 5.82 Å². The fourth-order valence-electron chi connectivity index (χ4n) is 3.37. The zero-order chi connectivity index (χ0) is 22.3. The van der Waals surface area contributed by atoms with E-state index < -0.39 is 28.7 Å². The van der Waals surface area contributed by atoms with Crippen molar-refractivity contribution in [2.75, 3.05) is 5.32 Å². The Morgan fingerprint density at radius 1 is 1.23 bits per heavy atom. The van der Waals surface area contributed by atoms with E-state index in [4.69, 9.17) is 5.26 Å². The minimum atomic E-state index is -1.62. The van der Waals surface area contributed by atoms with Crippen molar-refractivity contribution < 1.29 is 18.7 Å². The van der Waals surface area contributed by atoms with Crippen molar-refractivity contribution in [1.82, 2.24) is 9.55 Å². The second-order valence-electron chi connectivity index (χ2n) is 8.39. The minimum Gasteiger partial charge on any atom is -0.385 e. The molecule has 156 valence electrons. The van der Waals surface area contributed by atoms with Gasteiger partial charge in [0.05, 0.1) is 29.2 Å². The number of anilines is 1. The van der Waals surface area contributed by atoms with Crippen molar-refractivity contribution in [2.24, 2.45) is 0 Å². The highest BCUT2D eigenvalue weighted by Gasteiger charge is 2.29. The van der Waals surface area contributed by atoms with Crippen LogP contribution in [0.15, 0.2) is 36.4 Å². The molecule has 0 aliphatic heterocycles. The third-order valence-electron chi connectivity index (χ3n) is 4.72. The van der Waals surface area contributed by atoms with Gasteiger partial charge in [-0.05, 0) is 57.5 Å². The Balaban J connectivity index is 1.98. The van der Waals surface area contributed by atoms with Gasteiger partial charge in [-0.3, -0.25) is 10.1 Å². The Morgan fingerprint density at radius 3 is 2.53 bits per heavy atom. The molecule has 1 unspecified atom stereocenters. The molecule has 0 spiro atoms. The van der Waals surface area contributed by atoms with Crippen LogP contribution in [0.1, 0.15) is 45.2 Å². The number of hydrogen-bond donors (Lipinski definition) is 2. The average molecular weight is 412 g/mol. The summed E-state index contributed by atoms with van der Waals surface area (Å²) in [6, 6.07) is 9.89. The van der Waals surface area contributed by atoms with Crippen LogP contribution in [0.25, 0.3) is 11.0 Å². The zero-order valence-electron chi connectivity index (χ0n) is 17.1. The van der Waals surface area contributed by atoms with Gasteiger partial charge in [-0.25, -0.2) is 13.8 Å². The Morgan fingerprint density at radius 2 is 1.93 bits per heavy atom. The minimum absolute atomic E-state index is 0.0242. The Hall–Kier alpha value is -3.31. The number of amides is 1. The van der Waals surface area contributed by atoms with Gasteiger partial charge in [0.2, 0.25) is 11.9 Å². The molecule has 1 amide bonds. The van der Waals surface area contributed by atoms with Crippen LogP contribution >= 0.6 is 0 Å². The summed E-state index contributed by atoms with van der Waals surface area (Å²) < 4.78 is 29.6. The summed E-state index contributed by atoms with van der Waals surface area (Å²) in [5.74, 6) is -1.68. The summed E-state index contributed by atoms with van der Waals surface area (Å²) in [7, 11) is 0. The van der Waals surface area contributed by atoms with Crippen molar-refractivity contribution in [1.29, 1.82) is 5.26 Å². The first-order chi connectivity index (χ1) is 13.9. The molecule has 6 nitrogen and oxygen atoms in total. The summed E-state index contributed by atoms with van der Waals surface area (Å²) in [5.41, 5.74) is -1.43. The standard InChI is InChI=1S/C22H22F2N4O2/c1-21(2,3)28-17-9-13(12-25)8-16(24)19(17)27-20(28)26-18(29)11-22(4,30)14-6-5-7-15(23)10-14/h5-10,30H,11H2,1-4H3,(H,26,27,29). The smallest absolute Gasteiger partial charge is 0.229 e. The van der Waals surface area contributed by atoms with Crippen LogP contribution < -0.4 is 5.32 Å². The number of aliphatic hydroxyl groups is 1. The first-order valence-electron chi connectivity index (χ1n) is 9.33. The highest BCUT2D eigenvalue weighted by molar-refractivity contribution is 5.92. The van der Waals surface area contributed by atoms with E-state index in [-0.39, 0.29) is 29.0 Å². The second kappa shape index (κ2) is 7.50. The number of carbonyl (C=O) groups is 1. The van der Waals surface area contributed by atoms with E-state index in [2.05, 4.69) is 10.3 Å². The molecule has 30 heavy (non-hydrogen) atoms. The van der Waals surface area contributed by atoms with Gasteiger partial charge in [0.25, 0.3) is 0 Å². The molecule has 0 bridgehead atoms.